The number of carbonyl (C=O) groups is 2. The van der Waals surface area contributed by atoms with Gasteiger partial charge in [0.15, 0.2) is 5.76 Å². The van der Waals surface area contributed by atoms with Gasteiger partial charge in [-0.2, -0.15) is 0 Å². The zero-order valence-electron chi connectivity index (χ0n) is 12.5. The number of rotatable bonds is 5. The number of furan rings is 1. The van der Waals surface area contributed by atoms with E-state index in [9.17, 15) is 9.59 Å². The topological polar surface area (TPSA) is 80.0 Å². The van der Waals surface area contributed by atoms with Crippen LogP contribution in [0.25, 0.3) is 0 Å². The Labute approximate surface area is 129 Å². The molecule has 0 atom stereocenters. The molecule has 0 aromatic carbocycles. The molecule has 3 rings (SSSR count). The molecule has 1 aromatic heterocycles. The summed E-state index contributed by atoms with van der Waals surface area (Å²) in [6.45, 7) is 1.43. The highest BCUT2D eigenvalue weighted by atomic mass is 16.5. The van der Waals surface area contributed by atoms with Crippen LogP contribution in [0.1, 0.15) is 47.4 Å². The maximum atomic E-state index is 12.9. The van der Waals surface area contributed by atoms with E-state index < -0.39 is 5.97 Å². The van der Waals surface area contributed by atoms with Gasteiger partial charge < -0.3 is 19.2 Å². The molecule has 22 heavy (non-hydrogen) atoms. The molecule has 1 aliphatic heterocycles. The Morgan fingerprint density at radius 2 is 2.05 bits per heavy atom. The van der Waals surface area contributed by atoms with Crippen LogP contribution in [0.3, 0.4) is 0 Å². The Balaban J connectivity index is 1.80. The van der Waals surface area contributed by atoms with E-state index in [1.54, 1.807) is 11.2 Å². The fourth-order valence-electron chi connectivity index (χ4n) is 3.33. The first-order chi connectivity index (χ1) is 10.7. The normalized spacial score (nSPS) is 18.2. The minimum Gasteiger partial charge on any atom is -0.481 e. The lowest BCUT2D eigenvalue weighted by Crippen LogP contribution is -2.44. The van der Waals surface area contributed by atoms with Crippen LogP contribution in [0.5, 0.6) is 0 Å². The van der Waals surface area contributed by atoms with Crippen molar-refractivity contribution in [3.8, 4) is 0 Å². The summed E-state index contributed by atoms with van der Waals surface area (Å²) >= 11 is 0. The number of hydrogen-bond donors (Lipinski definition) is 1. The van der Waals surface area contributed by atoms with Crippen LogP contribution < -0.4 is 0 Å². The first kappa shape index (κ1) is 15.1. The number of nitrogens with zero attached hydrogens (tertiary/aromatic N) is 1. The van der Waals surface area contributed by atoms with E-state index in [0.29, 0.717) is 19.0 Å². The number of fused-ring (bicyclic) bond motifs is 1. The van der Waals surface area contributed by atoms with Crippen LogP contribution in [0.15, 0.2) is 10.7 Å². The Morgan fingerprint density at radius 1 is 1.27 bits per heavy atom. The van der Waals surface area contributed by atoms with Gasteiger partial charge >= 0.3 is 5.97 Å². The zero-order chi connectivity index (χ0) is 15.5. The van der Waals surface area contributed by atoms with Crippen molar-refractivity contribution in [2.75, 3.05) is 19.8 Å². The summed E-state index contributed by atoms with van der Waals surface area (Å²) in [5.41, 5.74) is 2.13. The van der Waals surface area contributed by atoms with Crippen molar-refractivity contribution < 1.29 is 23.8 Å². The Morgan fingerprint density at radius 3 is 2.77 bits per heavy atom. The lowest BCUT2D eigenvalue weighted by Gasteiger charge is -2.33. The van der Waals surface area contributed by atoms with E-state index in [2.05, 4.69) is 0 Å². The van der Waals surface area contributed by atoms with E-state index in [1.807, 2.05) is 0 Å². The van der Waals surface area contributed by atoms with Crippen molar-refractivity contribution in [3.05, 3.63) is 23.2 Å². The molecule has 6 nitrogen and oxygen atoms in total. The van der Waals surface area contributed by atoms with Gasteiger partial charge in [-0.3, -0.25) is 9.59 Å². The molecule has 1 fully saturated rings. The largest absolute Gasteiger partial charge is 0.481 e. The molecular weight excluding hydrogens is 286 g/mol. The van der Waals surface area contributed by atoms with Gasteiger partial charge in [0.25, 0.3) is 5.91 Å². The van der Waals surface area contributed by atoms with Crippen molar-refractivity contribution in [2.24, 2.45) is 0 Å². The Bertz CT molecular complexity index is 559. The number of carbonyl (C=O) groups excluding carboxylic acids is 1. The number of ether oxygens (including phenoxy) is 1. The second-order valence-electron chi connectivity index (χ2n) is 5.91. The molecule has 1 aliphatic carbocycles. The number of carboxylic acids is 1. The molecular formula is C16H21NO5. The Hall–Kier alpha value is -1.82. The first-order valence-corrected chi connectivity index (χ1v) is 7.86. The number of aliphatic carboxylic acids is 1. The van der Waals surface area contributed by atoms with Gasteiger partial charge in [0.1, 0.15) is 0 Å². The molecule has 0 saturated carbocycles. The lowest BCUT2D eigenvalue weighted by atomic mass is 10.1. The van der Waals surface area contributed by atoms with Crippen molar-refractivity contribution in [1.82, 2.24) is 4.90 Å². The van der Waals surface area contributed by atoms with E-state index in [1.165, 1.54) is 0 Å². The maximum Gasteiger partial charge on any atom is 0.305 e. The quantitative estimate of drug-likeness (QED) is 0.898. The monoisotopic (exact) mass is 307 g/mol. The van der Waals surface area contributed by atoms with Crippen molar-refractivity contribution in [1.29, 1.82) is 0 Å². The standard InChI is InChI=1S/C16H21NO5/c18-14(19)4-7-17(12-5-8-21-9-6-12)16(20)15-13-3-1-2-11(13)10-22-15/h10,12H,1-9H2,(H,18,19). The molecule has 6 heteroatoms. The lowest BCUT2D eigenvalue weighted by molar-refractivity contribution is -0.137. The molecule has 0 spiro atoms. The molecule has 1 N–H and O–H groups in total. The third-order valence-electron chi connectivity index (χ3n) is 4.51. The minimum atomic E-state index is -0.894. The van der Waals surface area contributed by atoms with Crippen LogP contribution in [0.2, 0.25) is 0 Å². The third-order valence-corrected chi connectivity index (χ3v) is 4.51. The second-order valence-corrected chi connectivity index (χ2v) is 5.91. The molecule has 1 aromatic rings. The predicted octanol–water partition coefficient (Wildman–Crippen LogP) is 1.86. The van der Waals surface area contributed by atoms with E-state index in [0.717, 1.165) is 43.2 Å². The molecule has 1 amide bonds. The SMILES string of the molecule is O=C(O)CCN(C(=O)c1occ2c1CCC2)C1CCOCC1. The molecule has 0 bridgehead atoms. The maximum absolute atomic E-state index is 12.9. The molecule has 120 valence electrons. The van der Waals surface area contributed by atoms with Gasteiger partial charge in [0.05, 0.1) is 12.7 Å². The molecule has 2 heterocycles. The molecule has 0 unspecified atom stereocenters. The van der Waals surface area contributed by atoms with Gasteiger partial charge in [-0.1, -0.05) is 0 Å². The van der Waals surface area contributed by atoms with E-state index in [4.69, 9.17) is 14.3 Å². The predicted molar refractivity (Wildman–Crippen MR) is 77.9 cm³/mol. The highest BCUT2D eigenvalue weighted by Gasteiger charge is 2.32. The van der Waals surface area contributed by atoms with E-state index in [-0.39, 0.29) is 24.9 Å². The summed E-state index contributed by atoms with van der Waals surface area (Å²) in [7, 11) is 0. The van der Waals surface area contributed by atoms with Crippen LogP contribution in [0, 0.1) is 0 Å². The van der Waals surface area contributed by atoms with Crippen molar-refractivity contribution >= 4 is 11.9 Å². The fourth-order valence-corrected chi connectivity index (χ4v) is 3.33. The van der Waals surface area contributed by atoms with Crippen LogP contribution in [-0.4, -0.2) is 47.7 Å². The summed E-state index contributed by atoms with van der Waals surface area (Å²) in [5, 5.41) is 8.94. The minimum absolute atomic E-state index is 0.0303. The van der Waals surface area contributed by atoms with E-state index >= 15 is 0 Å². The summed E-state index contributed by atoms with van der Waals surface area (Å²) in [5.74, 6) is -0.657. The van der Waals surface area contributed by atoms with Gasteiger partial charge in [0, 0.05) is 31.4 Å². The highest BCUT2D eigenvalue weighted by Crippen LogP contribution is 2.29. The number of hydrogen-bond acceptors (Lipinski definition) is 4. The second kappa shape index (κ2) is 6.52. The van der Waals surface area contributed by atoms with Crippen LogP contribution in [0.4, 0.5) is 0 Å². The van der Waals surface area contributed by atoms with Crippen LogP contribution in [-0.2, 0) is 22.4 Å². The number of amides is 1. The first-order valence-electron chi connectivity index (χ1n) is 7.86. The molecule has 0 radical (unpaired) electrons. The number of carboxylic acid groups (broad SMARTS) is 1. The fraction of sp³-hybridized carbons (Fsp3) is 0.625. The van der Waals surface area contributed by atoms with Gasteiger partial charge in [-0.05, 0) is 37.7 Å². The molecule has 1 saturated heterocycles. The summed E-state index contributed by atoms with van der Waals surface area (Å²) in [6, 6.07) is 0.0303. The highest BCUT2D eigenvalue weighted by molar-refractivity contribution is 5.94. The van der Waals surface area contributed by atoms with Gasteiger partial charge in [-0.15, -0.1) is 0 Å². The average Bonchev–Trinajstić information content (AvgIpc) is 3.10. The van der Waals surface area contributed by atoms with Crippen LogP contribution >= 0.6 is 0 Å². The van der Waals surface area contributed by atoms with Gasteiger partial charge in [-0.25, -0.2) is 0 Å². The third kappa shape index (κ3) is 3.02. The smallest absolute Gasteiger partial charge is 0.305 e. The summed E-state index contributed by atoms with van der Waals surface area (Å²) < 4.78 is 10.9. The average molecular weight is 307 g/mol. The van der Waals surface area contributed by atoms with Crippen molar-refractivity contribution in [2.45, 2.75) is 44.6 Å². The summed E-state index contributed by atoms with van der Waals surface area (Å²) in [6.07, 6.45) is 5.99. The summed E-state index contributed by atoms with van der Waals surface area (Å²) in [4.78, 5) is 25.4. The van der Waals surface area contributed by atoms with Crippen molar-refractivity contribution in [3.63, 3.8) is 0 Å². The molecule has 2 aliphatic rings. The number of aryl methyl sites for hydroxylation is 1. The Kier molecular flexibility index (Phi) is 4.47. The van der Waals surface area contributed by atoms with Gasteiger partial charge in [0.2, 0.25) is 0 Å². The zero-order valence-corrected chi connectivity index (χ0v) is 12.5.